The second kappa shape index (κ2) is 5.56. The average Bonchev–Trinajstić information content (AvgIpc) is 2.28. The highest BCUT2D eigenvalue weighted by molar-refractivity contribution is 9.12. The lowest BCUT2D eigenvalue weighted by atomic mass is 10.3. The Kier molecular flexibility index (Phi) is 4.96. The van der Waals surface area contributed by atoms with Gasteiger partial charge in [-0.3, -0.25) is 0 Å². The minimum Gasteiger partial charge on any atom is -0.417 e. The second-order valence-electron chi connectivity index (χ2n) is 2.89. The fourth-order valence-corrected chi connectivity index (χ4v) is 3.21. The number of anilines is 1. The number of nitrogens with two attached hydrogens (primary N) is 1. The molecule has 0 saturated carbocycles. The topological polar surface area (TPSA) is 52.3 Å². The number of benzene rings is 1. The van der Waals surface area contributed by atoms with E-state index in [1.807, 2.05) is 0 Å². The number of halogens is 7. The Morgan fingerprint density at radius 1 is 1.17 bits per heavy atom. The van der Waals surface area contributed by atoms with Gasteiger partial charge in [0.15, 0.2) is 5.75 Å². The first kappa shape index (κ1) is 16.1. The summed E-state index contributed by atoms with van der Waals surface area (Å²) in [6, 6.07) is 0. The molecule has 10 heteroatoms. The van der Waals surface area contributed by atoms with Gasteiger partial charge < -0.3 is 10.5 Å². The Balaban J connectivity index is 3.31. The zero-order valence-corrected chi connectivity index (χ0v) is 13.6. The van der Waals surface area contributed by atoms with Crippen LogP contribution in [-0.2, 0) is 4.79 Å². The van der Waals surface area contributed by atoms with Crippen molar-refractivity contribution in [3.8, 4) is 5.75 Å². The van der Waals surface area contributed by atoms with Gasteiger partial charge in [0.05, 0.1) is 24.1 Å². The van der Waals surface area contributed by atoms with Crippen molar-refractivity contribution >= 4 is 71.0 Å². The lowest BCUT2D eigenvalue weighted by Gasteiger charge is -2.14. The van der Waals surface area contributed by atoms with Gasteiger partial charge in [-0.1, -0.05) is 11.6 Å². The predicted molar refractivity (Wildman–Crippen MR) is 70.7 cm³/mol. The molecule has 0 unspecified atom stereocenters. The highest BCUT2D eigenvalue weighted by Crippen LogP contribution is 2.48. The van der Waals surface area contributed by atoms with Gasteiger partial charge in [0.2, 0.25) is 0 Å². The van der Waals surface area contributed by atoms with E-state index in [-0.39, 0.29) is 24.1 Å². The van der Waals surface area contributed by atoms with Crippen LogP contribution in [0, 0.1) is 0 Å². The van der Waals surface area contributed by atoms with E-state index in [0.717, 1.165) is 0 Å². The summed E-state index contributed by atoms with van der Waals surface area (Å²) >= 11 is 14.7. The lowest BCUT2D eigenvalue weighted by molar-refractivity contribution is -0.189. The maximum atomic E-state index is 12.1. The van der Waals surface area contributed by atoms with Crippen LogP contribution in [-0.4, -0.2) is 12.1 Å². The van der Waals surface area contributed by atoms with Gasteiger partial charge in [-0.25, -0.2) is 4.79 Å². The minimum absolute atomic E-state index is 0.00757. The fourth-order valence-electron chi connectivity index (χ4n) is 0.869. The van der Waals surface area contributed by atoms with E-state index < -0.39 is 17.9 Å². The summed E-state index contributed by atoms with van der Waals surface area (Å²) in [6.45, 7) is 0. The number of hydrogen-bond acceptors (Lipinski definition) is 3. The van der Waals surface area contributed by atoms with Gasteiger partial charge in [-0.2, -0.15) is 13.2 Å². The molecule has 0 bridgehead atoms. The smallest absolute Gasteiger partial charge is 0.417 e. The first-order valence-electron chi connectivity index (χ1n) is 3.97. The molecule has 100 valence electrons. The summed E-state index contributed by atoms with van der Waals surface area (Å²) in [4.78, 5) is 10.8. The van der Waals surface area contributed by atoms with Gasteiger partial charge in [0.25, 0.3) is 0 Å². The first-order valence-corrected chi connectivity index (χ1v) is 6.73. The Hall–Kier alpha value is 0.01000. The summed E-state index contributed by atoms with van der Waals surface area (Å²) in [7, 11) is 0. The summed E-state index contributed by atoms with van der Waals surface area (Å²) in [6.07, 6.45) is -5.12. The van der Waals surface area contributed by atoms with Crippen molar-refractivity contribution in [2.45, 2.75) is 6.18 Å². The molecule has 0 amide bonds. The molecule has 0 aromatic heterocycles. The van der Waals surface area contributed by atoms with Gasteiger partial charge >= 0.3 is 12.1 Å². The van der Waals surface area contributed by atoms with Crippen molar-refractivity contribution < 1.29 is 22.7 Å². The molecule has 0 saturated heterocycles. The van der Waals surface area contributed by atoms with E-state index in [1.165, 1.54) is 0 Å². The highest BCUT2D eigenvalue weighted by Gasteiger charge is 2.42. The van der Waals surface area contributed by atoms with Gasteiger partial charge in [0.1, 0.15) is 0 Å². The van der Waals surface area contributed by atoms with Crippen LogP contribution in [0.25, 0.3) is 0 Å². The Morgan fingerprint density at radius 2 is 1.67 bits per heavy atom. The molecule has 1 aromatic rings. The van der Waals surface area contributed by atoms with E-state index in [4.69, 9.17) is 17.3 Å². The van der Waals surface area contributed by atoms with E-state index >= 15 is 0 Å². The molecule has 1 aromatic carbocycles. The van der Waals surface area contributed by atoms with Crippen molar-refractivity contribution in [1.82, 2.24) is 0 Å². The van der Waals surface area contributed by atoms with Gasteiger partial charge in [0, 0.05) is 0 Å². The number of nitrogen functional groups attached to an aromatic ring is 1. The molecule has 0 heterocycles. The largest absolute Gasteiger partial charge is 0.491 e. The molecule has 0 aliphatic heterocycles. The Morgan fingerprint density at radius 3 is 2.11 bits per heavy atom. The number of alkyl halides is 3. The zero-order valence-electron chi connectivity index (χ0n) is 8.04. The van der Waals surface area contributed by atoms with Crippen molar-refractivity contribution in [3.63, 3.8) is 0 Å². The average molecular weight is 476 g/mol. The van der Waals surface area contributed by atoms with Crippen molar-refractivity contribution in [2.75, 3.05) is 5.73 Å². The number of ether oxygens (including phenoxy) is 1. The Labute approximate surface area is 129 Å². The molecule has 0 aliphatic rings. The van der Waals surface area contributed by atoms with Crippen LogP contribution in [0.4, 0.5) is 18.9 Å². The number of carbonyl (C=O) groups is 1. The number of hydrogen-bond donors (Lipinski definition) is 1. The van der Waals surface area contributed by atoms with Crippen LogP contribution in [0.5, 0.6) is 5.75 Å². The molecule has 0 fully saturated rings. The third-order valence-electron chi connectivity index (χ3n) is 1.68. The molecule has 0 aliphatic carbocycles. The van der Waals surface area contributed by atoms with Crippen molar-refractivity contribution in [1.29, 1.82) is 0 Å². The van der Waals surface area contributed by atoms with Crippen molar-refractivity contribution in [2.24, 2.45) is 0 Å². The molecule has 2 N–H and O–H groups in total. The van der Waals surface area contributed by atoms with E-state index in [1.54, 1.807) is 0 Å². The monoisotopic (exact) mass is 473 g/mol. The summed E-state index contributed by atoms with van der Waals surface area (Å²) < 4.78 is 40.7. The SMILES string of the molecule is Nc1c(Br)c(Cl)c(Br)c(OC(=O)C(F)(F)F)c1Br. The maximum absolute atomic E-state index is 12.1. The molecule has 3 nitrogen and oxygen atoms in total. The fraction of sp³-hybridized carbons (Fsp3) is 0.125. The number of carbonyl (C=O) groups excluding carboxylic acids is 1. The minimum atomic E-state index is -5.12. The summed E-state index contributed by atoms with van der Waals surface area (Å²) in [5.41, 5.74) is 5.57. The van der Waals surface area contributed by atoms with Crippen molar-refractivity contribution in [3.05, 3.63) is 18.4 Å². The molecule has 0 radical (unpaired) electrons. The summed E-state index contributed by atoms with van der Waals surface area (Å²) in [5.74, 6) is -2.82. The second-order valence-corrected chi connectivity index (χ2v) is 5.64. The van der Waals surface area contributed by atoms with E-state index in [2.05, 4.69) is 52.5 Å². The van der Waals surface area contributed by atoms with Crippen LogP contribution in [0.3, 0.4) is 0 Å². The number of rotatable bonds is 1. The van der Waals surface area contributed by atoms with Crippen LogP contribution < -0.4 is 10.5 Å². The van der Waals surface area contributed by atoms with E-state index in [9.17, 15) is 18.0 Å². The third kappa shape index (κ3) is 3.12. The molecule has 0 atom stereocenters. The molecule has 1 rings (SSSR count). The molecular formula is C8H2Br3ClF3NO2. The standard InChI is InChI=1S/C8H2Br3ClF3NO2/c9-1-4(12)2(10)6(3(11)5(1)16)18-7(17)8(13,14)15/h16H2. The highest BCUT2D eigenvalue weighted by atomic mass is 79.9. The summed E-state index contributed by atoms with van der Waals surface area (Å²) in [5, 5.41) is -0.0133. The van der Waals surface area contributed by atoms with Crippen LogP contribution in [0.15, 0.2) is 13.4 Å². The zero-order chi connectivity index (χ0) is 14.2. The van der Waals surface area contributed by atoms with Crippen LogP contribution in [0.2, 0.25) is 5.02 Å². The lowest BCUT2D eigenvalue weighted by Crippen LogP contribution is -2.28. The van der Waals surface area contributed by atoms with Crippen LogP contribution >= 0.6 is 59.4 Å². The quantitative estimate of drug-likeness (QED) is 0.211. The van der Waals surface area contributed by atoms with Gasteiger partial charge in [-0.05, 0) is 47.8 Å². The first-order chi connectivity index (χ1) is 8.07. The maximum Gasteiger partial charge on any atom is 0.491 e. The normalized spacial score (nSPS) is 11.5. The van der Waals surface area contributed by atoms with Crippen LogP contribution in [0.1, 0.15) is 0 Å². The van der Waals surface area contributed by atoms with Gasteiger partial charge in [-0.15, -0.1) is 0 Å². The molecule has 18 heavy (non-hydrogen) atoms. The number of esters is 1. The predicted octanol–water partition coefficient (Wildman–Crippen LogP) is 4.68. The van der Waals surface area contributed by atoms with E-state index in [0.29, 0.717) is 0 Å². The molecular weight excluding hydrogens is 474 g/mol. The molecule has 0 spiro atoms. The third-order valence-corrected chi connectivity index (χ3v) is 4.89. The Bertz CT molecular complexity index is 492.